The van der Waals surface area contributed by atoms with E-state index in [4.69, 9.17) is 5.73 Å². The third kappa shape index (κ3) is 1.63. The van der Waals surface area contributed by atoms with Gasteiger partial charge >= 0.3 is 0 Å². The molecule has 0 bridgehead atoms. The van der Waals surface area contributed by atoms with Gasteiger partial charge in [-0.05, 0) is 30.9 Å². The van der Waals surface area contributed by atoms with Crippen molar-refractivity contribution in [3.05, 3.63) is 36.0 Å². The van der Waals surface area contributed by atoms with Crippen molar-refractivity contribution in [2.75, 3.05) is 0 Å². The summed E-state index contributed by atoms with van der Waals surface area (Å²) in [6.07, 6.45) is 8.06. The first-order chi connectivity index (χ1) is 7.77. The SMILES string of the molecule is NC1(Cc2c[nH]c3ccccc23)CCCC1. The van der Waals surface area contributed by atoms with Crippen LogP contribution >= 0.6 is 0 Å². The Balaban J connectivity index is 1.94. The summed E-state index contributed by atoms with van der Waals surface area (Å²) in [4.78, 5) is 3.32. The number of H-pyrrole nitrogens is 1. The maximum Gasteiger partial charge on any atom is 0.0456 e. The van der Waals surface area contributed by atoms with Crippen molar-refractivity contribution in [2.45, 2.75) is 37.6 Å². The first-order valence-corrected chi connectivity index (χ1v) is 6.11. The van der Waals surface area contributed by atoms with E-state index in [0.29, 0.717) is 0 Å². The van der Waals surface area contributed by atoms with Gasteiger partial charge in [0.15, 0.2) is 0 Å². The molecular formula is C14H18N2. The van der Waals surface area contributed by atoms with E-state index in [1.54, 1.807) is 0 Å². The smallest absolute Gasteiger partial charge is 0.0456 e. The minimum Gasteiger partial charge on any atom is -0.361 e. The lowest BCUT2D eigenvalue weighted by Crippen LogP contribution is -2.38. The Morgan fingerprint density at radius 3 is 2.75 bits per heavy atom. The fraction of sp³-hybridized carbons (Fsp3) is 0.429. The number of rotatable bonds is 2. The molecule has 0 saturated heterocycles. The van der Waals surface area contributed by atoms with Crippen LogP contribution in [-0.4, -0.2) is 10.5 Å². The van der Waals surface area contributed by atoms with Gasteiger partial charge in [-0.15, -0.1) is 0 Å². The van der Waals surface area contributed by atoms with Gasteiger partial charge in [0.05, 0.1) is 0 Å². The summed E-state index contributed by atoms with van der Waals surface area (Å²) in [5.41, 5.74) is 9.07. The number of hydrogen-bond acceptors (Lipinski definition) is 1. The van der Waals surface area contributed by atoms with E-state index in [-0.39, 0.29) is 5.54 Å². The van der Waals surface area contributed by atoms with Crippen LogP contribution in [0.25, 0.3) is 10.9 Å². The summed E-state index contributed by atoms with van der Waals surface area (Å²) < 4.78 is 0. The van der Waals surface area contributed by atoms with Gasteiger partial charge in [0, 0.05) is 22.6 Å². The van der Waals surface area contributed by atoms with Gasteiger partial charge in [0.2, 0.25) is 0 Å². The van der Waals surface area contributed by atoms with Crippen molar-refractivity contribution in [1.29, 1.82) is 0 Å². The highest BCUT2D eigenvalue weighted by molar-refractivity contribution is 5.83. The average molecular weight is 214 g/mol. The summed E-state index contributed by atoms with van der Waals surface area (Å²) >= 11 is 0. The Hall–Kier alpha value is -1.28. The molecule has 3 rings (SSSR count). The van der Waals surface area contributed by atoms with E-state index >= 15 is 0 Å². The lowest BCUT2D eigenvalue weighted by molar-refractivity contribution is 0.437. The predicted octanol–water partition coefficient (Wildman–Crippen LogP) is 2.98. The number of fused-ring (bicyclic) bond motifs is 1. The van der Waals surface area contributed by atoms with E-state index in [0.717, 1.165) is 6.42 Å². The molecule has 1 aromatic heterocycles. The summed E-state index contributed by atoms with van der Waals surface area (Å²) in [7, 11) is 0. The Kier molecular flexibility index (Phi) is 2.25. The first kappa shape index (κ1) is 9.91. The van der Waals surface area contributed by atoms with E-state index in [1.165, 1.54) is 42.1 Å². The Morgan fingerprint density at radius 2 is 1.94 bits per heavy atom. The molecule has 2 aromatic rings. The molecule has 0 spiro atoms. The highest BCUT2D eigenvalue weighted by atomic mass is 14.8. The molecule has 0 unspecified atom stereocenters. The van der Waals surface area contributed by atoms with E-state index in [9.17, 15) is 0 Å². The van der Waals surface area contributed by atoms with Gasteiger partial charge in [-0.1, -0.05) is 31.0 Å². The zero-order chi connectivity index (χ0) is 11.0. The largest absolute Gasteiger partial charge is 0.361 e. The van der Waals surface area contributed by atoms with Crippen LogP contribution in [0.1, 0.15) is 31.2 Å². The molecule has 1 heterocycles. The van der Waals surface area contributed by atoms with E-state index < -0.39 is 0 Å². The van der Waals surface area contributed by atoms with Crippen LogP contribution in [0.2, 0.25) is 0 Å². The van der Waals surface area contributed by atoms with Gasteiger partial charge in [-0.2, -0.15) is 0 Å². The van der Waals surface area contributed by atoms with Gasteiger partial charge in [-0.25, -0.2) is 0 Å². The minimum absolute atomic E-state index is 0.0466. The molecule has 3 N–H and O–H groups in total. The third-order valence-electron chi connectivity index (χ3n) is 3.82. The highest BCUT2D eigenvalue weighted by Crippen LogP contribution is 2.32. The van der Waals surface area contributed by atoms with Gasteiger partial charge < -0.3 is 10.7 Å². The van der Waals surface area contributed by atoms with E-state index in [2.05, 4.69) is 35.4 Å². The second-order valence-corrected chi connectivity index (χ2v) is 5.11. The number of aromatic amines is 1. The molecule has 84 valence electrons. The molecule has 0 amide bonds. The molecule has 1 saturated carbocycles. The molecule has 0 aliphatic heterocycles. The van der Waals surface area contributed by atoms with Crippen LogP contribution < -0.4 is 5.73 Å². The number of nitrogens with two attached hydrogens (primary N) is 1. The molecule has 2 nitrogen and oxygen atoms in total. The highest BCUT2D eigenvalue weighted by Gasteiger charge is 2.29. The van der Waals surface area contributed by atoms with Crippen molar-refractivity contribution in [3.8, 4) is 0 Å². The second kappa shape index (κ2) is 3.63. The number of hydrogen-bond donors (Lipinski definition) is 2. The van der Waals surface area contributed by atoms with Crippen LogP contribution in [0.4, 0.5) is 0 Å². The third-order valence-corrected chi connectivity index (χ3v) is 3.82. The van der Waals surface area contributed by atoms with Gasteiger partial charge in [0.1, 0.15) is 0 Å². The van der Waals surface area contributed by atoms with Crippen LogP contribution in [0.15, 0.2) is 30.5 Å². The summed E-state index contributed by atoms with van der Waals surface area (Å²) in [6, 6.07) is 8.46. The fourth-order valence-electron chi connectivity index (χ4n) is 2.91. The molecule has 16 heavy (non-hydrogen) atoms. The summed E-state index contributed by atoms with van der Waals surface area (Å²) in [6.45, 7) is 0. The average Bonchev–Trinajstić information content (AvgIpc) is 2.87. The van der Waals surface area contributed by atoms with Crippen molar-refractivity contribution >= 4 is 10.9 Å². The van der Waals surface area contributed by atoms with Crippen LogP contribution in [0.3, 0.4) is 0 Å². The van der Waals surface area contributed by atoms with Crippen molar-refractivity contribution in [2.24, 2.45) is 5.73 Å². The standard InChI is InChI=1S/C14H18N2/c15-14(7-3-4-8-14)9-11-10-16-13-6-2-1-5-12(11)13/h1-2,5-6,10,16H,3-4,7-9,15H2. The monoisotopic (exact) mass is 214 g/mol. The minimum atomic E-state index is 0.0466. The molecule has 0 radical (unpaired) electrons. The number of para-hydroxylation sites is 1. The number of nitrogens with one attached hydrogen (secondary N) is 1. The molecule has 1 fully saturated rings. The topological polar surface area (TPSA) is 41.8 Å². The van der Waals surface area contributed by atoms with Crippen molar-refractivity contribution < 1.29 is 0 Å². The van der Waals surface area contributed by atoms with Crippen molar-refractivity contribution in [1.82, 2.24) is 4.98 Å². The molecule has 0 atom stereocenters. The second-order valence-electron chi connectivity index (χ2n) is 5.11. The Labute approximate surface area is 95.8 Å². The fourth-order valence-corrected chi connectivity index (χ4v) is 2.91. The Bertz CT molecular complexity index is 492. The summed E-state index contributed by atoms with van der Waals surface area (Å²) in [5.74, 6) is 0. The molecule has 2 heteroatoms. The lowest BCUT2D eigenvalue weighted by atomic mass is 9.90. The van der Waals surface area contributed by atoms with E-state index in [1.807, 2.05) is 0 Å². The van der Waals surface area contributed by atoms with Gasteiger partial charge in [-0.3, -0.25) is 0 Å². The zero-order valence-corrected chi connectivity index (χ0v) is 9.50. The molecule has 1 aromatic carbocycles. The molecule has 1 aliphatic carbocycles. The van der Waals surface area contributed by atoms with Crippen LogP contribution in [-0.2, 0) is 6.42 Å². The lowest BCUT2D eigenvalue weighted by Gasteiger charge is -2.22. The van der Waals surface area contributed by atoms with Crippen LogP contribution in [0, 0.1) is 0 Å². The molecule has 1 aliphatic rings. The number of aromatic nitrogens is 1. The maximum atomic E-state index is 6.43. The van der Waals surface area contributed by atoms with Crippen molar-refractivity contribution in [3.63, 3.8) is 0 Å². The predicted molar refractivity (Wildman–Crippen MR) is 67.4 cm³/mol. The normalized spacial score (nSPS) is 19.3. The maximum absolute atomic E-state index is 6.43. The molecular weight excluding hydrogens is 196 g/mol. The zero-order valence-electron chi connectivity index (χ0n) is 9.50. The Morgan fingerprint density at radius 1 is 1.19 bits per heavy atom. The quantitative estimate of drug-likeness (QED) is 0.793. The van der Waals surface area contributed by atoms with Gasteiger partial charge in [0.25, 0.3) is 0 Å². The number of benzene rings is 1. The summed E-state index contributed by atoms with van der Waals surface area (Å²) in [5, 5.41) is 1.33. The first-order valence-electron chi connectivity index (χ1n) is 6.11. The van der Waals surface area contributed by atoms with Crippen LogP contribution in [0.5, 0.6) is 0 Å².